The Balaban J connectivity index is 2.37. The molecule has 72 valence electrons. The van der Waals surface area contributed by atoms with Crippen molar-refractivity contribution >= 4 is 5.69 Å². The number of anilines is 1. The second kappa shape index (κ2) is 5.35. The topological polar surface area (TPSA) is 57.8 Å². The highest BCUT2D eigenvalue weighted by Crippen LogP contribution is 1.97. The van der Waals surface area contributed by atoms with E-state index in [1.54, 1.807) is 12.3 Å². The van der Waals surface area contributed by atoms with Crippen LogP contribution in [-0.2, 0) is 0 Å². The normalized spacial score (nSPS) is 9.92. The van der Waals surface area contributed by atoms with E-state index in [0.29, 0.717) is 5.69 Å². The van der Waals surface area contributed by atoms with Crippen LogP contribution in [0.4, 0.5) is 5.69 Å². The summed E-state index contributed by atoms with van der Waals surface area (Å²) in [6.07, 6.45) is 5.05. The Kier molecular flexibility index (Phi) is 4.02. The molecule has 0 aromatic carbocycles. The Bertz CT molecular complexity index is 295. The van der Waals surface area contributed by atoms with Crippen molar-refractivity contribution in [1.29, 1.82) is 0 Å². The van der Waals surface area contributed by atoms with Crippen molar-refractivity contribution in [2.75, 3.05) is 11.9 Å². The van der Waals surface area contributed by atoms with Gasteiger partial charge in [0.1, 0.15) is 5.69 Å². The van der Waals surface area contributed by atoms with Gasteiger partial charge in [-0.05, 0) is 12.5 Å². The fraction of sp³-hybridized carbons (Fsp3) is 0.556. The first-order valence-corrected chi connectivity index (χ1v) is 4.62. The standard InChI is InChI=1S/C9H15N3O/c1-2-3-4-6-10-8-5-7-11-12-9(8)13/h5,7H,2-4,6H2,1H3,(H,10,11)(H,12,13). The zero-order chi connectivity index (χ0) is 9.52. The Labute approximate surface area is 77.4 Å². The summed E-state index contributed by atoms with van der Waals surface area (Å²) < 4.78 is 0. The van der Waals surface area contributed by atoms with Gasteiger partial charge >= 0.3 is 0 Å². The highest BCUT2D eigenvalue weighted by Gasteiger charge is 1.95. The zero-order valence-electron chi connectivity index (χ0n) is 7.84. The summed E-state index contributed by atoms with van der Waals surface area (Å²) in [6, 6.07) is 1.69. The third kappa shape index (κ3) is 3.27. The van der Waals surface area contributed by atoms with Crippen molar-refractivity contribution in [3.8, 4) is 0 Å². The smallest absolute Gasteiger partial charge is 0.287 e. The lowest BCUT2D eigenvalue weighted by Crippen LogP contribution is -2.15. The van der Waals surface area contributed by atoms with Crippen LogP contribution in [0.1, 0.15) is 26.2 Å². The third-order valence-corrected chi connectivity index (χ3v) is 1.82. The molecule has 0 saturated carbocycles. The molecule has 0 atom stereocenters. The van der Waals surface area contributed by atoms with Gasteiger partial charge in [0.15, 0.2) is 0 Å². The Morgan fingerprint density at radius 1 is 1.54 bits per heavy atom. The van der Waals surface area contributed by atoms with E-state index in [1.165, 1.54) is 12.8 Å². The van der Waals surface area contributed by atoms with Crippen LogP contribution >= 0.6 is 0 Å². The second-order valence-corrected chi connectivity index (χ2v) is 2.93. The molecular formula is C9H15N3O. The predicted molar refractivity (Wildman–Crippen MR) is 52.9 cm³/mol. The predicted octanol–water partition coefficient (Wildman–Crippen LogP) is 1.37. The van der Waals surface area contributed by atoms with Gasteiger partial charge in [-0.3, -0.25) is 4.79 Å². The van der Waals surface area contributed by atoms with Gasteiger partial charge in [0.2, 0.25) is 0 Å². The maximum Gasteiger partial charge on any atom is 0.287 e. The summed E-state index contributed by atoms with van der Waals surface area (Å²) in [6.45, 7) is 3.00. The molecular weight excluding hydrogens is 166 g/mol. The highest BCUT2D eigenvalue weighted by atomic mass is 16.1. The van der Waals surface area contributed by atoms with Crippen LogP contribution in [0.5, 0.6) is 0 Å². The number of aromatic nitrogens is 2. The van der Waals surface area contributed by atoms with E-state index >= 15 is 0 Å². The number of hydrogen-bond donors (Lipinski definition) is 2. The van der Waals surface area contributed by atoms with Crippen LogP contribution < -0.4 is 10.9 Å². The highest BCUT2D eigenvalue weighted by molar-refractivity contribution is 5.38. The number of rotatable bonds is 5. The monoisotopic (exact) mass is 181 g/mol. The van der Waals surface area contributed by atoms with Gasteiger partial charge in [-0.15, -0.1) is 0 Å². The minimum atomic E-state index is -0.154. The molecule has 0 aliphatic heterocycles. The van der Waals surface area contributed by atoms with Gasteiger partial charge in [0, 0.05) is 12.7 Å². The first-order chi connectivity index (χ1) is 6.34. The first kappa shape index (κ1) is 9.77. The lowest BCUT2D eigenvalue weighted by atomic mass is 10.2. The third-order valence-electron chi connectivity index (χ3n) is 1.82. The molecule has 0 radical (unpaired) electrons. The average molecular weight is 181 g/mol. The van der Waals surface area contributed by atoms with Crippen molar-refractivity contribution < 1.29 is 0 Å². The fourth-order valence-electron chi connectivity index (χ4n) is 1.08. The molecule has 4 heteroatoms. The van der Waals surface area contributed by atoms with Crippen molar-refractivity contribution in [3.63, 3.8) is 0 Å². The van der Waals surface area contributed by atoms with Gasteiger partial charge in [-0.1, -0.05) is 19.8 Å². The van der Waals surface area contributed by atoms with Crippen LogP contribution in [0.2, 0.25) is 0 Å². The molecule has 1 heterocycles. The van der Waals surface area contributed by atoms with E-state index < -0.39 is 0 Å². The van der Waals surface area contributed by atoms with Crippen molar-refractivity contribution in [2.45, 2.75) is 26.2 Å². The molecule has 4 nitrogen and oxygen atoms in total. The molecule has 0 amide bonds. The summed E-state index contributed by atoms with van der Waals surface area (Å²) in [5.41, 5.74) is 0.449. The van der Waals surface area contributed by atoms with Crippen molar-refractivity contribution in [3.05, 3.63) is 22.6 Å². The zero-order valence-corrected chi connectivity index (χ0v) is 7.84. The molecule has 0 fully saturated rings. The van der Waals surface area contributed by atoms with Crippen LogP contribution in [-0.4, -0.2) is 16.7 Å². The molecule has 0 spiro atoms. The lowest BCUT2D eigenvalue weighted by Gasteiger charge is -2.02. The summed E-state index contributed by atoms with van der Waals surface area (Å²) in [5.74, 6) is 0. The van der Waals surface area contributed by atoms with E-state index in [9.17, 15) is 4.79 Å². The van der Waals surface area contributed by atoms with Crippen molar-refractivity contribution in [2.24, 2.45) is 0 Å². The molecule has 0 aliphatic carbocycles. The molecule has 0 saturated heterocycles. The molecule has 1 rings (SSSR count). The van der Waals surface area contributed by atoms with E-state index in [2.05, 4.69) is 22.4 Å². The number of nitrogens with zero attached hydrogens (tertiary/aromatic N) is 1. The van der Waals surface area contributed by atoms with E-state index in [0.717, 1.165) is 13.0 Å². The SMILES string of the molecule is CCCCCNc1ccn[nH]c1=O. The number of aromatic amines is 1. The molecule has 1 aromatic heterocycles. The van der Waals surface area contributed by atoms with Crippen LogP contribution in [0.3, 0.4) is 0 Å². The van der Waals surface area contributed by atoms with Crippen molar-refractivity contribution in [1.82, 2.24) is 10.2 Å². The molecule has 13 heavy (non-hydrogen) atoms. The maximum absolute atomic E-state index is 11.1. The molecule has 0 unspecified atom stereocenters. The molecule has 0 aliphatic rings. The minimum Gasteiger partial charge on any atom is -0.381 e. The van der Waals surface area contributed by atoms with Gasteiger partial charge in [-0.2, -0.15) is 5.10 Å². The van der Waals surface area contributed by atoms with Crippen LogP contribution in [0.15, 0.2) is 17.1 Å². The van der Waals surface area contributed by atoms with E-state index in [1.807, 2.05) is 0 Å². The minimum absolute atomic E-state index is 0.154. The van der Waals surface area contributed by atoms with Gasteiger partial charge in [-0.25, -0.2) is 5.10 Å². The summed E-state index contributed by atoms with van der Waals surface area (Å²) in [4.78, 5) is 11.1. The number of H-pyrrole nitrogens is 1. The lowest BCUT2D eigenvalue weighted by molar-refractivity contribution is 0.742. The average Bonchev–Trinajstić information content (AvgIpc) is 2.15. The number of nitrogens with one attached hydrogen (secondary N) is 2. The number of unbranched alkanes of at least 4 members (excludes halogenated alkanes) is 2. The molecule has 2 N–H and O–H groups in total. The van der Waals surface area contributed by atoms with E-state index in [-0.39, 0.29) is 5.56 Å². The summed E-state index contributed by atoms with van der Waals surface area (Å²) in [5, 5.41) is 9.05. The van der Waals surface area contributed by atoms with Gasteiger partial charge in [0.25, 0.3) is 5.56 Å². The van der Waals surface area contributed by atoms with Gasteiger partial charge in [0.05, 0.1) is 0 Å². The summed E-state index contributed by atoms with van der Waals surface area (Å²) >= 11 is 0. The van der Waals surface area contributed by atoms with E-state index in [4.69, 9.17) is 0 Å². The largest absolute Gasteiger partial charge is 0.381 e. The van der Waals surface area contributed by atoms with Gasteiger partial charge < -0.3 is 5.32 Å². The molecule has 0 bridgehead atoms. The maximum atomic E-state index is 11.1. The molecule has 1 aromatic rings. The first-order valence-electron chi connectivity index (χ1n) is 4.62. The Morgan fingerprint density at radius 2 is 2.38 bits per heavy atom. The fourth-order valence-corrected chi connectivity index (χ4v) is 1.08. The number of hydrogen-bond acceptors (Lipinski definition) is 3. The Morgan fingerprint density at radius 3 is 3.08 bits per heavy atom. The Hall–Kier alpha value is -1.32. The van der Waals surface area contributed by atoms with Crippen LogP contribution in [0.25, 0.3) is 0 Å². The van der Waals surface area contributed by atoms with Crippen LogP contribution in [0, 0.1) is 0 Å². The second-order valence-electron chi connectivity index (χ2n) is 2.93. The summed E-state index contributed by atoms with van der Waals surface area (Å²) in [7, 11) is 0. The quantitative estimate of drug-likeness (QED) is 0.674.